The van der Waals surface area contributed by atoms with Gasteiger partial charge in [-0.25, -0.2) is 9.89 Å². The summed E-state index contributed by atoms with van der Waals surface area (Å²) in [6, 6.07) is 0. The van der Waals surface area contributed by atoms with Crippen LogP contribution in [0.2, 0.25) is 0 Å². The molecule has 0 fully saturated rings. The van der Waals surface area contributed by atoms with Gasteiger partial charge in [-0.15, -0.1) is 5.10 Å². The Morgan fingerprint density at radius 2 is 2.55 bits per heavy atom. The third kappa shape index (κ3) is 1.83. The highest BCUT2D eigenvalue weighted by atomic mass is 32.2. The van der Waals surface area contributed by atoms with Gasteiger partial charge in [0.25, 0.3) is 0 Å². The fourth-order valence-electron chi connectivity index (χ4n) is 0.591. The molecule has 1 aromatic heterocycles. The number of nitrogens with zero attached hydrogens (tertiary/aromatic N) is 2. The van der Waals surface area contributed by atoms with Crippen LogP contribution < -0.4 is 5.69 Å². The van der Waals surface area contributed by atoms with Crippen molar-refractivity contribution in [2.24, 2.45) is 7.05 Å². The Labute approximate surface area is 66.8 Å². The van der Waals surface area contributed by atoms with Crippen LogP contribution in [0, 0.1) is 0 Å². The van der Waals surface area contributed by atoms with Crippen molar-refractivity contribution in [2.75, 3.05) is 12.4 Å². The number of nitrogens with one attached hydrogen (secondary N) is 1. The van der Waals surface area contributed by atoms with E-state index in [1.807, 2.05) is 0 Å². The lowest BCUT2D eigenvalue weighted by molar-refractivity contribution is 0.532. The molecule has 0 aromatic carbocycles. The molecule has 4 nitrogen and oxygen atoms in total. The van der Waals surface area contributed by atoms with Crippen molar-refractivity contribution in [3.8, 4) is 0 Å². The van der Waals surface area contributed by atoms with E-state index in [9.17, 15) is 9.18 Å². The van der Waals surface area contributed by atoms with E-state index >= 15 is 0 Å². The number of H-pyrrole nitrogens is 1. The van der Waals surface area contributed by atoms with Crippen LogP contribution >= 0.6 is 11.8 Å². The Kier molecular flexibility index (Phi) is 2.70. The predicted octanol–water partition coefficient (Wildman–Crippen LogP) is 0.170. The first-order valence-corrected chi connectivity index (χ1v) is 4.04. The van der Waals surface area contributed by atoms with Crippen LogP contribution in [0.5, 0.6) is 0 Å². The molecule has 1 heterocycles. The molecule has 0 aliphatic carbocycles. The maximum atomic E-state index is 11.7. The number of aromatic nitrogens is 3. The summed E-state index contributed by atoms with van der Waals surface area (Å²) in [7, 11) is 1.59. The minimum atomic E-state index is -0.411. The van der Waals surface area contributed by atoms with Crippen LogP contribution in [0.3, 0.4) is 0 Å². The van der Waals surface area contributed by atoms with Crippen LogP contribution in [0.1, 0.15) is 0 Å². The van der Waals surface area contributed by atoms with Gasteiger partial charge in [0, 0.05) is 12.8 Å². The molecule has 0 spiro atoms. The molecule has 0 saturated carbocycles. The number of thioether (sulfide) groups is 1. The van der Waals surface area contributed by atoms with Crippen LogP contribution in [0.4, 0.5) is 4.39 Å². The second kappa shape index (κ2) is 3.56. The summed E-state index contributed by atoms with van der Waals surface area (Å²) >= 11 is 1.21. The summed E-state index contributed by atoms with van der Waals surface area (Å²) in [4.78, 5) is 10.7. The van der Waals surface area contributed by atoms with E-state index in [4.69, 9.17) is 0 Å². The van der Waals surface area contributed by atoms with Crippen molar-refractivity contribution in [1.29, 1.82) is 0 Å². The van der Waals surface area contributed by atoms with Gasteiger partial charge in [-0.1, -0.05) is 11.8 Å². The predicted molar refractivity (Wildman–Crippen MR) is 40.5 cm³/mol. The first-order valence-electron chi connectivity index (χ1n) is 3.06. The number of alkyl halides is 1. The van der Waals surface area contributed by atoms with Crippen LogP contribution in [0.15, 0.2) is 9.95 Å². The number of halogens is 1. The van der Waals surface area contributed by atoms with Gasteiger partial charge in [-0.3, -0.25) is 8.96 Å². The highest BCUT2D eigenvalue weighted by Gasteiger charge is 2.02. The van der Waals surface area contributed by atoms with Crippen molar-refractivity contribution < 1.29 is 4.39 Å². The molecule has 1 aromatic rings. The third-order valence-electron chi connectivity index (χ3n) is 1.15. The van der Waals surface area contributed by atoms with Crippen molar-refractivity contribution in [1.82, 2.24) is 14.8 Å². The average Bonchev–Trinajstić information content (AvgIpc) is 2.31. The molecule has 0 amide bonds. The topological polar surface area (TPSA) is 50.7 Å². The largest absolute Gasteiger partial charge is 0.343 e. The highest BCUT2D eigenvalue weighted by molar-refractivity contribution is 7.99. The van der Waals surface area contributed by atoms with E-state index in [0.717, 1.165) is 0 Å². The van der Waals surface area contributed by atoms with E-state index in [1.165, 1.54) is 16.3 Å². The van der Waals surface area contributed by atoms with Gasteiger partial charge in [-0.2, -0.15) is 0 Å². The van der Waals surface area contributed by atoms with E-state index in [1.54, 1.807) is 7.05 Å². The second-order valence-electron chi connectivity index (χ2n) is 1.91. The molecular formula is C5H8FN3OS. The van der Waals surface area contributed by atoms with Crippen LogP contribution in [-0.2, 0) is 7.05 Å². The zero-order valence-electron chi connectivity index (χ0n) is 6.00. The maximum absolute atomic E-state index is 11.7. The Balaban J connectivity index is 2.71. The lowest BCUT2D eigenvalue weighted by Crippen LogP contribution is -2.12. The molecule has 0 radical (unpaired) electrons. The molecule has 1 N–H and O–H groups in total. The molecular weight excluding hydrogens is 169 g/mol. The molecule has 0 bridgehead atoms. The SMILES string of the molecule is Cn1c(SCCF)n[nH]c1=O. The molecule has 11 heavy (non-hydrogen) atoms. The van der Waals surface area contributed by atoms with Crippen molar-refractivity contribution in [3.63, 3.8) is 0 Å². The fraction of sp³-hybridized carbons (Fsp3) is 0.600. The normalized spacial score (nSPS) is 10.4. The Bertz CT molecular complexity index is 282. The van der Waals surface area contributed by atoms with E-state index in [-0.39, 0.29) is 5.69 Å². The van der Waals surface area contributed by atoms with E-state index in [2.05, 4.69) is 10.2 Å². The number of aromatic amines is 1. The smallest absolute Gasteiger partial charge is 0.273 e. The van der Waals surface area contributed by atoms with Gasteiger partial charge in [-0.05, 0) is 0 Å². The minimum Gasteiger partial charge on any atom is -0.273 e. The Morgan fingerprint density at radius 3 is 3.00 bits per heavy atom. The average molecular weight is 177 g/mol. The molecule has 6 heteroatoms. The Morgan fingerprint density at radius 1 is 1.82 bits per heavy atom. The second-order valence-corrected chi connectivity index (χ2v) is 2.97. The molecule has 0 atom stereocenters. The maximum Gasteiger partial charge on any atom is 0.343 e. The van der Waals surface area contributed by atoms with Crippen molar-refractivity contribution in [2.45, 2.75) is 5.16 Å². The number of hydrogen-bond acceptors (Lipinski definition) is 3. The van der Waals surface area contributed by atoms with Gasteiger partial charge in [0.1, 0.15) is 0 Å². The standard InChI is InChI=1S/C5H8FN3OS/c1-9-4(10)7-8-5(9)11-3-2-6/h2-3H2,1H3,(H,7,10). The summed E-state index contributed by atoms with van der Waals surface area (Å²) in [6.45, 7) is -0.411. The summed E-state index contributed by atoms with van der Waals surface area (Å²) in [5.41, 5.74) is -0.272. The third-order valence-corrected chi connectivity index (χ3v) is 2.13. The first-order chi connectivity index (χ1) is 5.25. The molecule has 1 rings (SSSR count). The van der Waals surface area contributed by atoms with E-state index in [0.29, 0.717) is 10.9 Å². The fourth-order valence-corrected chi connectivity index (χ4v) is 1.24. The van der Waals surface area contributed by atoms with Gasteiger partial charge in [0.15, 0.2) is 5.16 Å². The zero-order chi connectivity index (χ0) is 8.27. The lowest BCUT2D eigenvalue weighted by Gasteiger charge is -1.94. The quantitative estimate of drug-likeness (QED) is 0.669. The molecule has 62 valence electrons. The lowest BCUT2D eigenvalue weighted by atomic mass is 10.9. The van der Waals surface area contributed by atoms with Crippen molar-refractivity contribution in [3.05, 3.63) is 10.5 Å². The molecule has 0 aliphatic heterocycles. The van der Waals surface area contributed by atoms with Crippen LogP contribution in [-0.4, -0.2) is 27.2 Å². The Hall–Kier alpha value is -0.780. The summed E-state index contributed by atoms with van der Waals surface area (Å²) in [5.74, 6) is 0.331. The number of hydrogen-bond donors (Lipinski definition) is 1. The zero-order valence-corrected chi connectivity index (χ0v) is 6.82. The first kappa shape index (κ1) is 8.32. The summed E-state index contributed by atoms with van der Waals surface area (Å²) < 4.78 is 13.0. The highest BCUT2D eigenvalue weighted by Crippen LogP contribution is 2.10. The number of rotatable bonds is 3. The molecule has 0 aliphatic rings. The summed E-state index contributed by atoms with van der Waals surface area (Å²) in [6.07, 6.45) is 0. The molecule has 0 unspecified atom stereocenters. The van der Waals surface area contributed by atoms with Gasteiger partial charge >= 0.3 is 5.69 Å². The van der Waals surface area contributed by atoms with Crippen molar-refractivity contribution >= 4 is 11.8 Å². The van der Waals surface area contributed by atoms with Gasteiger partial charge in [0.2, 0.25) is 0 Å². The molecule has 0 saturated heterocycles. The van der Waals surface area contributed by atoms with Gasteiger partial charge < -0.3 is 0 Å². The monoisotopic (exact) mass is 177 g/mol. The van der Waals surface area contributed by atoms with E-state index < -0.39 is 6.67 Å². The minimum absolute atomic E-state index is 0.272. The van der Waals surface area contributed by atoms with Crippen LogP contribution in [0.25, 0.3) is 0 Å². The summed E-state index contributed by atoms with van der Waals surface area (Å²) in [5, 5.41) is 6.46. The van der Waals surface area contributed by atoms with Gasteiger partial charge in [0.05, 0.1) is 6.67 Å².